The highest BCUT2D eigenvalue weighted by Gasteiger charge is 2.04. The summed E-state index contributed by atoms with van der Waals surface area (Å²) in [6.45, 7) is 3.07. The third kappa shape index (κ3) is 4.21. The first kappa shape index (κ1) is 14.3. The lowest BCUT2D eigenvalue weighted by molar-refractivity contribution is 0.357. The summed E-state index contributed by atoms with van der Waals surface area (Å²) < 4.78 is 5.76. The van der Waals surface area contributed by atoms with Crippen molar-refractivity contribution in [3.05, 3.63) is 65.5 Å². The maximum absolute atomic E-state index is 5.76. The van der Waals surface area contributed by atoms with Crippen LogP contribution in [-0.4, -0.2) is 18.1 Å². The molecule has 0 aliphatic heterocycles. The van der Waals surface area contributed by atoms with E-state index < -0.39 is 0 Å². The second kappa shape index (κ2) is 7.46. The smallest absolute Gasteiger partial charge is 0.141 e. The molecule has 0 atom stereocenters. The maximum Gasteiger partial charge on any atom is 0.141 e. The van der Waals surface area contributed by atoms with Crippen molar-refractivity contribution in [1.82, 2.24) is 4.98 Å². The molecule has 0 amide bonds. The van der Waals surface area contributed by atoms with Crippen LogP contribution in [0.25, 0.3) is 6.08 Å². The van der Waals surface area contributed by atoms with Gasteiger partial charge in [-0.25, -0.2) is 0 Å². The molecule has 0 saturated heterocycles. The van der Waals surface area contributed by atoms with Crippen molar-refractivity contribution >= 4 is 6.08 Å². The van der Waals surface area contributed by atoms with Gasteiger partial charge in [0, 0.05) is 12.1 Å². The fourth-order valence-corrected chi connectivity index (χ4v) is 1.93. The van der Waals surface area contributed by atoms with Gasteiger partial charge in [0.05, 0.1) is 5.69 Å². The Morgan fingerprint density at radius 1 is 1.15 bits per heavy atom. The van der Waals surface area contributed by atoms with Gasteiger partial charge in [-0.05, 0) is 37.2 Å². The normalized spacial score (nSPS) is 10.9. The Morgan fingerprint density at radius 2 is 1.95 bits per heavy atom. The van der Waals surface area contributed by atoms with Crippen molar-refractivity contribution in [3.8, 4) is 5.75 Å². The van der Waals surface area contributed by atoms with Gasteiger partial charge in [-0.15, -0.1) is 0 Å². The van der Waals surface area contributed by atoms with Gasteiger partial charge in [0.15, 0.2) is 0 Å². The topological polar surface area (TPSA) is 48.1 Å². The van der Waals surface area contributed by atoms with Gasteiger partial charge in [0.1, 0.15) is 12.4 Å². The fourth-order valence-electron chi connectivity index (χ4n) is 1.93. The summed E-state index contributed by atoms with van der Waals surface area (Å²) in [6, 6.07) is 14.1. The summed E-state index contributed by atoms with van der Waals surface area (Å²) in [4.78, 5) is 4.47. The second-order valence-electron chi connectivity index (χ2n) is 4.56. The number of aromatic nitrogens is 1. The quantitative estimate of drug-likeness (QED) is 0.876. The molecule has 2 N–H and O–H groups in total. The molecular formula is C17H20N2O. The van der Waals surface area contributed by atoms with Gasteiger partial charge >= 0.3 is 0 Å². The Kier molecular flexibility index (Phi) is 5.33. The number of aryl methyl sites for hydroxylation is 1. The first-order valence-electron chi connectivity index (χ1n) is 6.80. The summed E-state index contributed by atoms with van der Waals surface area (Å²) in [5.74, 6) is 0.818. The highest BCUT2D eigenvalue weighted by molar-refractivity contribution is 5.48. The third-order valence-corrected chi connectivity index (χ3v) is 2.90. The predicted octanol–water partition coefficient (Wildman–Crippen LogP) is 2.98. The van der Waals surface area contributed by atoms with E-state index in [-0.39, 0.29) is 0 Å². The minimum atomic E-state index is 0.525. The second-order valence-corrected chi connectivity index (χ2v) is 4.56. The van der Waals surface area contributed by atoms with Gasteiger partial charge in [0.25, 0.3) is 0 Å². The van der Waals surface area contributed by atoms with E-state index in [0.29, 0.717) is 13.2 Å². The molecule has 0 saturated carbocycles. The van der Waals surface area contributed by atoms with Crippen molar-refractivity contribution in [1.29, 1.82) is 0 Å². The first-order valence-corrected chi connectivity index (χ1v) is 6.80. The molecule has 0 unspecified atom stereocenters. The molecule has 1 heterocycles. The van der Waals surface area contributed by atoms with E-state index in [0.717, 1.165) is 23.6 Å². The SMILES string of the molecule is Cc1ccc(OCC=Cc2ccccc2)c(CCN)n1. The van der Waals surface area contributed by atoms with Gasteiger partial charge in [-0.2, -0.15) is 0 Å². The molecule has 0 spiro atoms. The first-order chi connectivity index (χ1) is 9.79. The van der Waals surface area contributed by atoms with Crippen molar-refractivity contribution in [2.24, 2.45) is 5.73 Å². The molecule has 0 aliphatic carbocycles. The number of ether oxygens (including phenoxy) is 1. The highest BCUT2D eigenvalue weighted by Crippen LogP contribution is 2.17. The molecule has 3 nitrogen and oxygen atoms in total. The monoisotopic (exact) mass is 268 g/mol. The fraction of sp³-hybridized carbons (Fsp3) is 0.235. The number of hydrogen-bond donors (Lipinski definition) is 1. The van der Waals surface area contributed by atoms with Crippen molar-refractivity contribution in [2.45, 2.75) is 13.3 Å². The van der Waals surface area contributed by atoms with Crippen molar-refractivity contribution < 1.29 is 4.74 Å². The number of nitrogens with two attached hydrogens (primary N) is 1. The van der Waals surface area contributed by atoms with Crippen molar-refractivity contribution in [2.75, 3.05) is 13.2 Å². The molecule has 0 aliphatic rings. The molecule has 0 bridgehead atoms. The zero-order valence-corrected chi connectivity index (χ0v) is 11.8. The van der Waals surface area contributed by atoms with Crippen LogP contribution in [-0.2, 0) is 6.42 Å². The predicted molar refractivity (Wildman–Crippen MR) is 82.7 cm³/mol. The van der Waals surface area contributed by atoms with Crippen LogP contribution in [0.5, 0.6) is 5.75 Å². The Morgan fingerprint density at radius 3 is 2.70 bits per heavy atom. The van der Waals surface area contributed by atoms with E-state index in [1.165, 1.54) is 5.56 Å². The van der Waals surface area contributed by atoms with Gasteiger partial charge < -0.3 is 10.5 Å². The van der Waals surface area contributed by atoms with Crippen LogP contribution in [0.3, 0.4) is 0 Å². The molecule has 0 fully saturated rings. The van der Waals surface area contributed by atoms with Crippen LogP contribution in [0.4, 0.5) is 0 Å². The molecule has 20 heavy (non-hydrogen) atoms. The summed E-state index contributed by atoms with van der Waals surface area (Å²) in [5, 5.41) is 0. The van der Waals surface area contributed by atoms with Crippen LogP contribution in [0, 0.1) is 6.92 Å². The standard InChI is InChI=1S/C17H20N2O/c1-14-9-10-17(16(19-14)11-12-18)20-13-5-8-15-6-3-2-4-7-15/h2-10H,11-13,18H2,1H3. The average Bonchev–Trinajstić information content (AvgIpc) is 2.47. The van der Waals surface area contributed by atoms with E-state index in [1.807, 2.05) is 49.4 Å². The number of benzene rings is 1. The van der Waals surface area contributed by atoms with E-state index in [1.54, 1.807) is 0 Å². The average molecular weight is 268 g/mol. The summed E-state index contributed by atoms with van der Waals surface area (Å²) in [6.07, 6.45) is 4.78. The van der Waals surface area contributed by atoms with E-state index >= 15 is 0 Å². The minimum absolute atomic E-state index is 0.525. The Bertz CT molecular complexity index is 564. The van der Waals surface area contributed by atoms with Crippen LogP contribution in [0.15, 0.2) is 48.5 Å². The van der Waals surface area contributed by atoms with E-state index in [4.69, 9.17) is 10.5 Å². The van der Waals surface area contributed by atoms with Gasteiger partial charge in [0.2, 0.25) is 0 Å². The Labute approximate surface area is 120 Å². The number of pyridine rings is 1. The van der Waals surface area contributed by atoms with Crippen molar-refractivity contribution in [3.63, 3.8) is 0 Å². The lowest BCUT2D eigenvalue weighted by Gasteiger charge is -2.09. The highest BCUT2D eigenvalue weighted by atomic mass is 16.5. The van der Waals surface area contributed by atoms with E-state index in [9.17, 15) is 0 Å². The molecule has 104 valence electrons. The maximum atomic E-state index is 5.76. The largest absolute Gasteiger partial charge is 0.488 e. The van der Waals surface area contributed by atoms with Crippen LogP contribution in [0.1, 0.15) is 17.0 Å². The number of hydrogen-bond acceptors (Lipinski definition) is 3. The van der Waals surface area contributed by atoms with E-state index in [2.05, 4.69) is 17.1 Å². The number of nitrogens with zero attached hydrogens (tertiary/aromatic N) is 1. The lowest BCUT2D eigenvalue weighted by Crippen LogP contribution is -2.08. The molecule has 2 aromatic rings. The zero-order valence-electron chi connectivity index (χ0n) is 11.8. The summed E-state index contributed by atoms with van der Waals surface area (Å²) in [7, 11) is 0. The van der Waals surface area contributed by atoms with Gasteiger partial charge in [-0.3, -0.25) is 4.98 Å². The van der Waals surface area contributed by atoms with Gasteiger partial charge in [-0.1, -0.05) is 36.4 Å². The minimum Gasteiger partial charge on any atom is -0.488 e. The zero-order chi connectivity index (χ0) is 14.2. The summed E-state index contributed by atoms with van der Waals surface area (Å²) >= 11 is 0. The molecule has 2 rings (SSSR count). The molecule has 0 radical (unpaired) electrons. The van der Waals surface area contributed by atoms with Crippen LogP contribution >= 0.6 is 0 Å². The molecule has 1 aromatic carbocycles. The summed E-state index contributed by atoms with van der Waals surface area (Å²) in [5.41, 5.74) is 8.69. The number of rotatable bonds is 6. The third-order valence-electron chi connectivity index (χ3n) is 2.90. The molecule has 3 heteroatoms. The lowest BCUT2D eigenvalue weighted by atomic mass is 10.2. The molecular weight excluding hydrogens is 248 g/mol. The Balaban J connectivity index is 1.95. The van der Waals surface area contributed by atoms with Crippen LogP contribution in [0.2, 0.25) is 0 Å². The Hall–Kier alpha value is -2.13. The van der Waals surface area contributed by atoms with Crippen LogP contribution < -0.4 is 10.5 Å². The molecule has 1 aromatic heterocycles.